The van der Waals surface area contributed by atoms with E-state index in [1.807, 2.05) is 19.1 Å². The first-order valence-electron chi connectivity index (χ1n) is 9.60. The maximum absolute atomic E-state index is 13.2. The van der Waals surface area contributed by atoms with Crippen LogP contribution in [-0.2, 0) is 16.1 Å². The Kier molecular flexibility index (Phi) is 9.12. The van der Waals surface area contributed by atoms with Gasteiger partial charge in [-0.2, -0.15) is 0 Å². The van der Waals surface area contributed by atoms with Gasteiger partial charge in [-0.25, -0.2) is 4.39 Å². The molecule has 0 bridgehead atoms. The molecule has 5 nitrogen and oxygen atoms in total. The van der Waals surface area contributed by atoms with E-state index in [0.29, 0.717) is 12.3 Å². The third-order valence-corrected chi connectivity index (χ3v) is 4.97. The minimum atomic E-state index is -0.682. The SMILES string of the molecule is CCCCNC(=O)[C@H](C)N(Cc1ccc(F)cc1)C(=O)COc1ccc(Br)cc1. The van der Waals surface area contributed by atoms with Crippen LogP contribution in [0.2, 0.25) is 0 Å². The molecular weight excluding hydrogens is 439 g/mol. The van der Waals surface area contributed by atoms with Crippen LogP contribution < -0.4 is 10.1 Å². The average Bonchev–Trinajstić information content (AvgIpc) is 2.72. The van der Waals surface area contributed by atoms with Gasteiger partial charge in [-0.1, -0.05) is 41.4 Å². The smallest absolute Gasteiger partial charge is 0.261 e. The summed E-state index contributed by atoms with van der Waals surface area (Å²) in [5.74, 6) is -0.341. The van der Waals surface area contributed by atoms with E-state index in [1.165, 1.54) is 17.0 Å². The summed E-state index contributed by atoms with van der Waals surface area (Å²) in [6, 6.07) is 12.3. The van der Waals surface area contributed by atoms with Crippen molar-refractivity contribution in [1.82, 2.24) is 10.2 Å². The number of carbonyl (C=O) groups is 2. The van der Waals surface area contributed by atoms with E-state index in [4.69, 9.17) is 4.74 Å². The fourth-order valence-corrected chi connectivity index (χ4v) is 2.93. The number of unbranched alkanes of at least 4 members (excludes halogenated alkanes) is 1. The molecule has 1 atom stereocenters. The molecule has 0 aliphatic rings. The van der Waals surface area contributed by atoms with Gasteiger partial charge >= 0.3 is 0 Å². The molecule has 29 heavy (non-hydrogen) atoms. The minimum Gasteiger partial charge on any atom is -0.484 e. The van der Waals surface area contributed by atoms with E-state index < -0.39 is 6.04 Å². The van der Waals surface area contributed by atoms with Gasteiger partial charge in [-0.05, 0) is 55.3 Å². The number of nitrogens with one attached hydrogen (secondary N) is 1. The molecule has 0 saturated heterocycles. The fraction of sp³-hybridized carbons (Fsp3) is 0.364. The summed E-state index contributed by atoms with van der Waals surface area (Å²) in [7, 11) is 0. The van der Waals surface area contributed by atoms with E-state index in [-0.39, 0.29) is 30.8 Å². The van der Waals surface area contributed by atoms with Crippen LogP contribution in [0.25, 0.3) is 0 Å². The molecule has 0 unspecified atom stereocenters. The number of hydrogen-bond acceptors (Lipinski definition) is 3. The summed E-state index contributed by atoms with van der Waals surface area (Å²) in [4.78, 5) is 26.8. The maximum Gasteiger partial charge on any atom is 0.261 e. The number of amides is 2. The third kappa shape index (κ3) is 7.49. The van der Waals surface area contributed by atoms with Crippen LogP contribution in [-0.4, -0.2) is 35.9 Å². The molecule has 2 rings (SSSR count). The first kappa shape index (κ1) is 22.9. The van der Waals surface area contributed by atoms with Crippen molar-refractivity contribution < 1.29 is 18.7 Å². The predicted octanol–water partition coefficient (Wildman–Crippen LogP) is 4.30. The van der Waals surface area contributed by atoms with Crippen LogP contribution in [0.5, 0.6) is 5.75 Å². The van der Waals surface area contributed by atoms with E-state index in [9.17, 15) is 14.0 Å². The number of halogens is 2. The molecule has 0 aliphatic carbocycles. The highest BCUT2D eigenvalue weighted by Gasteiger charge is 2.26. The second-order valence-corrected chi connectivity index (χ2v) is 7.63. The zero-order valence-electron chi connectivity index (χ0n) is 16.7. The lowest BCUT2D eigenvalue weighted by Gasteiger charge is -2.28. The second-order valence-electron chi connectivity index (χ2n) is 6.71. The largest absolute Gasteiger partial charge is 0.484 e. The molecular formula is C22H26BrFN2O3. The van der Waals surface area contributed by atoms with Crippen LogP contribution in [0.1, 0.15) is 32.3 Å². The normalized spacial score (nSPS) is 11.6. The quantitative estimate of drug-likeness (QED) is 0.533. The molecule has 0 saturated carbocycles. The van der Waals surface area contributed by atoms with E-state index >= 15 is 0 Å². The third-order valence-electron chi connectivity index (χ3n) is 4.44. The summed E-state index contributed by atoms with van der Waals surface area (Å²) in [5, 5.41) is 2.85. The Morgan fingerprint density at radius 1 is 1.14 bits per heavy atom. The summed E-state index contributed by atoms with van der Waals surface area (Å²) in [5.41, 5.74) is 0.733. The molecule has 7 heteroatoms. The van der Waals surface area contributed by atoms with Crippen molar-refractivity contribution in [3.63, 3.8) is 0 Å². The van der Waals surface area contributed by atoms with Crippen molar-refractivity contribution in [2.75, 3.05) is 13.2 Å². The Hall–Kier alpha value is -2.41. The van der Waals surface area contributed by atoms with Gasteiger partial charge in [0.25, 0.3) is 5.91 Å². The number of nitrogens with zero attached hydrogens (tertiary/aromatic N) is 1. The summed E-state index contributed by atoms with van der Waals surface area (Å²) in [6.07, 6.45) is 1.84. The maximum atomic E-state index is 13.2. The molecule has 2 aromatic carbocycles. The van der Waals surface area contributed by atoms with E-state index in [2.05, 4.69) is 21.2 Å². The molecule has 0 radical (unpaired) electrons. The van der Waals surface area contributed by atoms with Gasteiger partial charge in [0.2, 0.25) is 5.91 Å². The highest BCUT2D eigenvalue weighted by molar-refractivity contribution is 9.10. The zero-order chi connectivity index (χ0) is 21.2. The lowest BCUT2D eigenvalue weighted by molar-refractivity contribution is -0.142. The standard InChI is InChI=1S/C22H26BrFN2O3/c1-3-4-13-25-22(28)16(2)26(14-17-5-9-19(24)10-6-17)21(27)15-29-20-11-7-18(23)8-12-20/h5-12,16H,3-4,13-15H2,1-2H3,(H,25,28)/t16-/m0/s1. The number of benzene rings is 2. The van der Waals surface area contributed by atoms with Gasteiger partial charge < -0.3 is 15.0 Å². The fourth-order valence-electron chi connectivity index (χ4n) is 2.66. The van der Waals surface area contributed by atoms with Crippen molar-refractivity contribution >= 4 is 27.7 Å². The monoisotopic (exact) mass is 464 g/mol. The number of hydrogen-bond donors (Lipinski definition) is 1. The number of carbonyl (C=O) groups excluding carboxylic acids is 2. The summed E-state index contributed by atoms with van der Waals surface area (Å²) < 4.78 is 19.7. The lowest BCUT2D eigenvalue weighted by atomic mass is 10.1. The molecule has 1 N–H and O–H groups in total. The molecule has 0 aromatic heterocycles. The van der Waals surface area contributed by atoms with Crippen molar-refractivity contribution in [2.45, 2.75) is 39.3 Å². The molecule has 156 valence electrons. The summed E-state index contributed by atoms with van der Waals surface area (Å²) >= 11 is 3.35. The Balaban J connectivity index is 2.08. The van der Waals surface area contributed by atoms with Crippen molar-refractivity contribution in [3.8, 4) is 5.75 Å². The molecule has 2 amide bonds. The predicted molar refractivity (Wildman–Crippen MR) is 114 cm³/mol. The van der Waals surface area contributed by atoms with Gasteiger partial charge in [0.1, 0.15) is 17.6 Å². The van der Waals surface area contributed by atoms with Crippen LogP contribution >= 0.6 is 15.9 Å². The minimum absolute atomic E-state index is 0.186. The topological polar surface area (TPSA) is 58.6 Å². The lowest BCUT2D eigenvalue weighted by Crippen LogP contribution is -2.49. The van der Waals surface area contributed by atoms with Gasteiger partial charge in [-0.3, -0.25) is 9.59 Å². The first-order valence-corrected chi connectivity index (χ1v) is 10.4. The van der Waals surface area contributed by atoms with Crippen LogP contribution in [0.3, 0.4) is 0 Å². The van der Waals surface area contributed by atoms with Crippen molar-refractivity contribution in [1.29, 1.82) is 0 Å². The Morgan fingerprint density at radius 2 is 1.79 bits per heavy atom. The first-order chi connectivity index (χ1) is 13.9. The second kappa shape index (κ2) is 11.6. The molecule has 0 heterocycles. The Labute approximate surface area is 179 Å². The van der Waals surface area contributed by atoms with Crippen LogP contribution in [0.15, 0.2) is 53.0 Å². The van der Waals surface area contributed by atoms with E-state index in [1.54, 1.807) is 31.2 Å². The number of rotatable bonds is 10. The Bertz CT molecular complexity index is 797. The highest BCUT2D eigenvalue weighted by atomic mass is 79.9. The van der Waals surface area contributed by atoms with Crippen molar-refractivity contribution in [2.24, 2.45) is 0 Å². The van der Waals surface area contributed by atoms with Gasteiger partial charge in [0.05, 0.1) is 0 Å². The zero-order valence-corrected chi connectivity index (χ0v) is 18.2. The van der Waals surface area contributed by atoms with Gasteiger partial charge in [0.15, 0.2) is 6.61 Å². The average molecular weight is 465 g/mol. The molecule has 0 spiro atoms. The van der Waals surface area contributed by atoms with E-state index in [0.717, 1.165) is 22.9 Å². The molecule has 0 aliphatic heterocycles. The Morgan fingerprint density at radius 3 is 2.41 bits per heavy atom. The summed E-state index contributed by atoms with van der Waals surface area (Å²) in [6.45, 7) is 4.27. The number of ether oxygens (including phenoxy) is 1. The van der Waals surface area contributed by atoms with Crippen LogP contribution in [0, 0.1) is 5.82 Å². The highest BCUT2D eigenvalue weighted by Crippen LogP contribution is 2.17. The van der Waals surface area contributed by atoms with Gasteiger partial charge in [0, 0.05) is 17.6 Å². The van der Waals surface area contributed by atoms with Crippen molar-refractivity contribution in [3.05, 3.63) is 64.4 Å². The van der Waals surface area contributed by atoms with Crippen LogP contribution in [0.4, 0.5) is 4.39 Å². The molecule has 0 fully saturated rings. The molecule has 2 aromatic rings. The van der Waals surface area contributed by atoms with Gasteiger partial charge in [-0.15, -0.1) is 0 Å².